The van der Waals surface area contributed by atoms with Crippen LogP contribution in [0.3, 0.4) is 0 Å². The number of carbonyl (C=O) groups is 1. The van der Waals surface area contributed by atoms with E-state index in [0.717, 1.165) is 5.56 Å². The molecule has 15 heavy (non-hydrogen) atoms. The quantitative estimate of drug-likeness (QED) is 0.556. The average molecular weight is 204 g/mol. The molecule has 0 aliphatic rings. The lowest BCUT2D eigenvalue weighted by Gasteiger charge is -2.26. The van der Waals surface area contributed by atoms with Crippen LogP contribution in [0, 0.1) is 0 Å². The minimum absolute atomic E-state index is 0.258. The van der Waals surface area contributed by atoms with Crippen LogP contribution >= 0.6 is 0 Å². The summed E-state index contributed by atoms with van der Waals surface area (Å²) in [7, 11) is 1.40. The molecular formula is C13H16O2. The molecule has 2 nitrogen and oxygen atoms in total. The van der Waals surface area contributed by atoms with Crippen LogP contribution < -0.4 is 0 Å². The van der Waals surface area contributed by atoms with Gasteiger partial charge in [-0.25, -0.2) is 0 Å². The molecule has 0 aliphatic carbocycles. The lowest BCUT2D eigenvalue weighted by Crippen LogP contribution is -2.34. The summed E-state index contributed by atoms with van der Waals surface area (Å²) in [6, 6.07) is 9.58. The smallest absolute Gasteiger partial charge is 0.320 e. The first kappa shape index (κ1) is 11.5. The third-order valence-electron chi connectivity index (χ3n) is 2.74. The molecule has 1 atom stereocenters. The van der Waals surface area contributed by atoms with E-state index >= 15 is 0 Å². The van der Waals surface area contributed by atoms with Crippen molar-refractivity contribution in [3.05, 3.63) is 48.6 Å². The van der Waals surface area contributed by atoms with E-state index in [1.165, 1.54) is 7.11 Å². The second kappa shape index (κ2) is 4.78. The number of hydrogen-bond donors (Lipinski definition) is 0. The van der Waals surface area contributed by atoms with E-state index in [0.29, 0.717) is 6.42 Å². The number of rotatable bonds is 4. The molecule has 1 unspecified atom stereocenters. The molecule has 0 heterocycles. The van der Waals surface area contributed by atoms with E-state index < -0.39 is 5.41 Å². The largest absolute Gasteiger partial charge is 0.468 e. The van der Waals surface area contributed by atoms with Crippen LogP contribution in [0.4, 0.5) is 0 Å². The second-order valence-corrected chi connectivity index (χ2v) is 3.39. The van der Waals surface area contributed by atoms with E-state index in [4.69, 9.17) is 4.74 Å². The third-order valence-corrected chi connectivity index (χ3v) is 2.74. The fourth-order valence-corrected chi connectivity index (χ4v) is 1.73. The van der Waals surface area contributed by atoms with Crippen LogP contribution in [0.15, 0.2) is 43.0 Å². The van der Waals surface area contributed by atoms with Gasteiger partial charge in [0.2, 0.25) is 0 Å². The van der Waals surface area contributed by atoms with E-state index in [1.54, 1.807) is 6.08 Å². The van der Waals surface area contributed by atoms with Crippen molar-refractivity contribution >= 4 is 5.97 Å². The van der Waals surface area contributed by atoms with Gasteiger partial charge in [0.15, 0.2) is 0 Å². The summed E-state index contributed by atoms with van der Waals surface area (Å²) in [6.07, 6.45) is 2.31. The molecule has 1 rings (SSSR count). The summed E-state index contributed by atoms with van der Waals surface area (Å²) in [5.74, 6) is -0.258. The Morgan fingerprint density at radius 1 is 1.47 bits per heavy atom. The van der Waals surface area contributed by atoms with Crippen LogP contribution in [0.25, 0.3) is 0 Å². The molecule has 0 saturated carbocycles. The van der Waals surface area contributed by atoms with Crippen LogP contribution in [0.1, 0.15) is 18.9 Å². The molecule has 0 radical (unpaired) electrons. The first-order valence-corrected chi connectivity index (χ1v) is 4.98. The Bertz CT molecular complexity index is 343. The molecule has 0 amide bonds. The summed E-state index contributed by atoms with van der Waals surface area (Å²) < 4.78 is 4.84. The number of methoxy groups -OCH3 is 1. The maximum atomic E-state index is 11.8. The average Bonchev–Trinajstić information content (AvgIpc) is 2.32. The Kier molecular flexibility index (Phi) is 3.67. The first-order valence-electron chi connectivity index (χ1n) is 4.98. The van der Waals surface area contributed by atoms with Crippen LogP contribution in [0.5, 0.6) is 0 Å². The summed E-state index contributed by atoms with van der Waals surface area (Å²) in [5.41, 5.74) is 0.213. The standard InChI is InChI=1S/C13H16O2/c1-4-13(5-2,12(14)15-3)11-9-7-6-8-10-11/h4,6-10H,1,5H2,2-3H3. The normalized spacial score (nSPS) is 14.0. The third kappa shape index (κ3) is 1.94. The van der Waals surface area contributed by atoms with Gasteiger partial charge in [-0.15, -0.1) is 6.58 Å². The van der Waals surface area contributed by atoms with Crippen molar-refractivity contribution in [2.45, 2.75) is 18.8 Å². The lowest BCUT2D eigenvalue weighted by atomic mass is 9.78. The van der Waals surface area contributed by atoms with E-state index in [2.05, 4.69) is 6.58 Å². The molecule has 1 aromatic rings. The van der Waals surface area contributed by atoms with E-state index in [9.17, 15) is 4.79 Å². The van der Waals surface area contributed by atoms with Crippen molar-refractivity contribution in [3.63, 3.8) is 0 Å². The topological polar surface area (TPSA) is 26.3 Å². The molecule has 0 saturated heterocycles. The Morgan fingerprint density at radius 3 is 2.47 bits per heavy atom. The Hall–Kier alpha value is -1.57. The van der Waals surface area contributed by atoms with Gasteiger partial charge in [0.05, 0.1) is 7.11 Å². The van der Waals surface area contributed by atoms with Gasteiger partial charge < -0.3 is 4.74 Å². The SMILES string of the molecule is C=CC(CC)(C(=O)OC)c1ccccc1. The zero-order valence-electron chi connectivity index (χ0n) is 9.19. The number of hydrogen-bond acceptors (Lipinski definition) is 2. The molecule has 0 aliphatic heterocycles. The maximum Gasteiger partial charge on any atom is 0.320 e. The highest BCUT2D eigenvalue weighted by Gasteiger charge is 2.36. The minimum Gasteiger partial charge on any atom is -0.468 e. The van der Waals surface area contributed by atoms with Gasteiger partial charge in [-0.1, -0.05) is 43.3 Å². The molecule has 0 bridgehead atoms. The second-order valence-electron chi connectivity index (χ2n) is 3.39. The molecule has 0 N–H and O–H groups in total. The van der Waals surface area contributed by atoms with Crippen LogP contribution in [0.2, 0.25) is 0 Å². The summed E-state index contributed by atoms with van der Waals surface area (Å²) >= 11 is 0. The minimum atomic E-state index is -0.712. The number of esters is 1. The fraction of sp³-hybridized carbons (Fsp3) is 0.308. The van der Waals surface area contributed by atoms with Gasteiger partial charge in [-0.05, 0) is 12.0 Å². The maximum absolute atomic E-state index is 11.8. The highest BCUT2D eigenvalue weighted by molar-refractivity contribution is 5.85. The Balaban J connectivity index is 3.23. The fourth-order valence-electron chi connectivity index (χ4n) is 1.73. The van der Waals surface area contributed by atoms with Gasteiger partial charge in [0, 0.05) is 0 Å². The summed E-state index contributed by atoms with van der Waals surface area (Å²) in [5, 5.41) is 0. The van der Waals surface area contributed by atoms with Crippen molar-refractivity contribution in [2.75, 3.05) is 7.11 Å². The lowest BCUT2D eigenvalue weighted by molar-refractivity contribution is -0.145. The molecule has 0 aromatic heterocycles. The van der Waals surface area contributed by atoms with Crippen LogP contribution in [-0.2, 0) is 14.9 Å². The summed E-state index contributed by atoms with van der Waals surface area (Å²) in [4.78, 5) is 11.8. The van der Waals surface area contributed by atoms with Gasteiger partial charge in [-0.2, -0.15) is 0 Å². The molecular weight excluding hydrogens is 188 g/mol. The number of carbonyl (C=O) groups excluding carboxylic acids is 1. The zero-order chi connectivity index (χ0) is 11.3. The van der Waals surface area contributed by atoms with Crippen molar-refractivity contribution in [1.82, 2.24) is 0 Å². The predicted molar refractivity (Wildman–Crippen MR) is 60.6 cm³/mol. The van der Waals surface area contributed by atoms with E-state index in [-0.39, 0.29) is 5.97 Å². The molecule has 1 aromatic carbocycles. The molecule has 80 valence electrons. The van der Waals surface area contributed by atoms with E-state index in [1.807, 2.05) is 37.3 Å². The monoisotopic (exact) mass is 204 g/mol. The predicted octanol–water partition coefficient (Wildman–Crippen LogP) is 2.69. The molecule has 2 heteroatoms. The highest BCUT2D eigenvalue weighted by atomic mass is 16.5. The highest BCUT2D eigenvalue weighted by Crippen LogP contribution is 2.30. The van der Waals surface area contributed by atoms with Gasteiger partial charge >= 0.3 is 5.97 Å². The van der Waals surface area contributed by atoms with Crippen molar-refractivity contribution < 1.29 is 9.53 Å². The van der Waals surface area contributed by atoms with Gasteiger partial charge in [0.25, 0.3) is 0 Å². The van der Waals surface area contributed by atoms with Crippen molar-refractivity contribution in [1.29, 1.82) is 0 Å². The number of ether oxygens (including phenoxy) is 1. The van der Waals surface area contributed by atoms with Gasteiger partial charge in [-0.3, -0.25) is 4.79 Å². The Labute approximate surface area is 90.6 Å². The van der Waals surface area contributed by atoms with Crippen molar-refractivity contribution in [2.24, 2.45) is 0 Å². The first-order chi connectivity index (χ1) is 7.21. The number of benzene rings is 1. The molecule has 0 fully saturated rings. The Morgan fingerprint density at radius 2 is 2.07 bits per heavy atom. The van der Waals surface area contributed by atoms with Crippen LogP contribution in [-0.4, -0.2) is 13.1 Å². The van der Waals surface area contributed by atoms with Crippen molar-refractivity contribution in [3.8, 4) is 0 Å². The molecule has 0 spiro atoms. The zero-order valence-corrected chi connectivity index (χ0v) is 9.19. The summed E-state index contributed by atoms with van der Waals surface area (Å²) in [6.45, 7) is 5.70. The van der Waals surface area contributed by atoms with Gasteiger partial charge in [0.1, 0.15) is 5.41 Å².